The fraction of sp³-hybridized carbons (Fsp3) is 0.316. The third-order valence-corrected chi connectivity index (χ3v) is 5.56. The molecule has 0 unspecified atom stereocenters. The Balaban J connectivity index is 2.31. The van der Waals surface area contributed by atoms with Crippen molar-refractivity contribution in [1.82, 2.24) is 0 Å². The SMILES string of the molecule is N#CC1=C(N)C(C#N)(C#N)[C@@H](c2ccc(Br)cc2)[C@H]2CCCC=C12. The summed E-state index contributed by atoms with van der Waals surface area (Å²) in [5.41, 5.74) is 6.91. The van der Waals surface area contributed by atoms with E-state index < -0.39 is 5.41 Å². The number of allylic oxidation sites excluding steroid dienone is 4. The van der Waals surface area contributed by atoms with Crippen LogP contribution < -0.4 is 5.73 Å². The second-order valence-corrected chi connectivity index (χ2v) is 7.07. The minimum atomic E-state index is -1.52. The molecule has 2 aliphatic rings. The molecule has 24 heavy (non-hydrogen) atoms. The number of nitriles is 3. The molecule has 5 heteroatoms. The van der Waals surface area contributed by atoms with E-state index in [-0.39, 0.29) is 17.5 Å². The van der Waals surface area contributed by atoms with Gasteiger partial charge in [0.1, 0.15) is 6.07 Å². The Morgan fingerprint density at radius 2 is 1.79 bits per heavy atom. The number of rotatable bonds is 1. The van der Waals surface area contributed by atoms with Gasteiger partial charge >= 0.3 is 0 Å². The maximum absolute atomic E-state index is 9.88. The fourth-order valence-corrected chi connectivity index (χ4v) is 4.18. The summed E-state index contributed by atoms with van der Waals surface area (Å²) in [5.74, 6) is -0.412. The van der Waals surface area contributed by atoms with Gasteiger partial charge in [0.25, 0.3) is 0 Å². The van der Waals surface area contributed by atoms with Gasteiger partial charge in [0.05, 0.1) is 23.4 Å². The highest BCUT2D eigenvalue weighted by Gasteiger charge is 2.53. The molecule has 118 valence electrons. The summed E-state index contributed by atoms with van der Waals surface area (Å²) in [4.78, 5) is 0. The number of halogens is 1. The van der Waals surface area contributed by atoms with Crippen molar-refractivity contribution in [3.8, 4) is 18.2 Å². The monoisotopic (exact) mass is 378 g/mol. The quantitative estimate of drug-likeness (QED) is 0.796. The van der Waals surface area contributed by atoms with Crippen LogP contribution >= 0.6 is 15.9 Å². The van der Waals surface area contributed by atoms with Crippen molar-refractivity contribution in [2.24, 2.45) is 17.1 Å². The first-order chi connectivity index (χ1) is 11.6. The lowest BCUT2D eigenvalue weighted by Crippen LogP contribution is -2.42. The summed E-state index contributed by atoms with van der Waals surface area (Å²) in [7, 11) is 0. The van der Waals surface area contributed by atoms with Crippen molar-refractivity contribution >= 4 is 15.9 Å². The first kappa shape index (κ1) is 16.3. The summed E-state index contributed by atoms with van der Waals surface area (Å²) in [6.07, 6.45) is 4.76. The van der Waals surface area contributed by atoms with Gasteiger partial charge in [-0.1, -0.05) is 34.1 Å². The summed E-state index contributed by atoms with van der Waals surface area (Å²) in [5, 5.41) is 29.3. The smallest absolute Gasteiger partial charge is 0.191 e. The molecule has 0 heterocycles. The average molecular weight is 379 g/mol. The molecule has 2 N–H and O–H groups in total. The molecule has 0 radical (unpaired) electrons. The van der Waals surface area contributed by atoms with Gasteiger partial charge < -0.3 is 5.73 Å². The molecule has 0 saturated carbocycles. The normalized spacial score (nSPS) is 24.8. The Morgan fingerprint density at radius 3 is 2.38 bits per heavy atom. The van der Waals surface area contributed by atoms with Crippen LogP contribution in [0.5, 0.6) is 0 Å². The van der Waals surface area contributed by atoms with Crippen molar-refractivity contribution in [2.75, 3.05) is 0 Å². The molecule has 0 spiro atoms. The van der Waals surface area contributed by atoms with E-state index in [2.05, 4.69) is 34.1 Å². The molecule has 0 saturated heterocycles. The zero-order chi connectivity index (χ0) is 17.3. The molecular formula is C19H15BrN4. The summed E-state index contributed by atoms with van der Waals surface area (Å²) in [6.45, 7) is 0. The second kappa shape index (κ2) is 6.16. The highest BCUT2D eigenvalue weighted by molar-refractivity contribution is 9.10. The maximum atomic E-state index is 9.88. The Morgan fingerprint density at radius 1 is 1.12 bits per heavy atom. The van der Waals surface area contributed by atoms with Gasteiger partial charge in [-0.15, -0.1) is 0 Å². The Hall–Kier alpha value is -2.55. The summed E-state index contributed by atoms with van der Waals surface area (Å²) < 4.78 is 0.933. The minimum absolute atomic E-state index is 0.0406. The van der Waals surface area contributed by atoms with Crippen molar-refractivity contribution in [3.05, 3.63) is 57.2 Å². The van der Waals surface area contributed by atoms with Gasteiger partial charge in [-0.2, -0.15) is 15.8 Å². The maximum Gasteiger partial charge on any atom is 0.191 e. The molecule has 0 fully saturated rings. The predicted molar refractivity (Wildman–Crippen MR) is 92.8 cm³/mol. The molecule has 0 bridgehead atoms. The summed E-state index contributed by atoms with van der Waals surface area (Å²) in [6, 6.07) is 14.1. The number of benzene rings is 1. The number of fused-ring (bicyclic) bond motifs is 1. The van der Waals surface area contributed by atoms with E-state index in [4.69, 9.17) is 5.73 Å². The van der Waals surface area contributed by atoms with Crippen LogP contribution in [-0.2, 0) is 0 Å². The highest BCUT2D eigenvalue weighted by atomic mass is 79.9. The van der Waals surface area contributed by atoms with Gasteiger partial charge in [-0.25, -0.2) is 0 Å². The molecule has 0 aromatic heterocycles. The van der Waals surface area contributed by atoms with Crippen LogP contribution in [0.15, 0.2) is 51.7 Å². The average Bonchev–Trinajstić information content (AvgIpc) is 2.62. The second-order valence-electron chi connectivity index (χ2n) is 6.16. The lowest BCUT2D eigenvalue weighted by Gasteiger charge is -2.43. The van der Waals surface area contributed by atoms with Crippen LogP contribution in [-0.4, -0.2) is 0 Å². The first-order valence-corrected chi connectivity index (χ1v) is 8.57. The highest BCUT2D eigenvalue weighted by Crippen LogP contribution is 2.55. The lowest BCUT2D eigenvalue weighted by molar-refractivity contribution is 0.317. The van der Waals surface area contributed by atoms with Crippen LogP contribution in [0.1, 0.15) is 30.7 Å². The predicted octanol–water partition coefficient (Wildman–Crippen LogP) is 4.04. The molecule has 2 aliphatic carbocycles. The van der Waals surface area contributed by atoms with E-state index >= 15 is 0 Å². The van der Waals surface area contributed by atoms with Gasteiger partial charge in [-0.3, -0.25) is 0 Å². The summed E-state index contributed by atoms with van der Waals surface area (Å²) >= 11 is 3.42. The number of nitrogens with two attached hydrogens (primary N) is 1. The van der Waals surface area contributed by atoms with Crippen LogP contribution in [0.3, 0.4) is 0 Å². The van der Waals surface area contributed by atoms with Crippen molar-refractivity contribution < 1.29 is 0 Å². The lowest BCUT2D eigenvalue weighted by atomic mass is 9.57. The van der Waals surface area contributed by atoms with Crippen LogP contribution in [0, 0.1) is 45.3 Å². The molecule has 0 amide bonds. The van der Waals surface area contributed by atoms with E-state index in [0.29, 0.717) is 5.57 Å². The zero-order valence-electron chi connectivity index (χ0n) is 13.0. The van der Waals surface area contributed by atoms with E-state index in [1.165, 1.54) is 0 Å². The Kier molecular flexibility index (Phi) is 4.18. The third-order valence-electron chi connectivity index (χ3n) is 5.03. The van der Waals surface area contributed by atoms with Crippen LogP contribution in [0.2, 0.25) is 0 Å². The van der Waals surface area contributed by atoms with Gasteiger partial charge in [0.2, 0.25) is 0 Å². The van der Waals surface area contributed by atoms with Crippen LogP contribution in [0.25, 0.3) is 0 Å². The van der Waals surface area contributed by atoms with Crippen molar-refractivity contribution in [3.63, 3.8) is 0 Å². The van der Waals surface area contributed by atoms with E-state index in [0.717, 1.165) is 34.9 Å². The number of nitrogens with zero attached hydrogens (tertiary/aromatic N) is 3. The topological polar surface area (TPSA) is 97.4 Å². The largest absolute Gasteiger partial charge is 0.399 e. The van der Waals surface area contributed by atoms with Gasteiger partial charge in [0.15, 0.2) is 5.41 Å². The van der Waals surface area contributed by atoms with Crippen LogP contribution in [0.4, 0.5) is 0 Å². The minimum Gasteiger partial charge on any atom is -0.399 e. The fourth-order valence-electron chi connectivity index (χ4n) is 3.92. The molecular weight excluding hydrogens is 364 g/mol. The Labute approximate surface area is 149 Å². The standard InChI is InChI=1S/C19H15BrN4/c20-13-7-5-12(6-8-13)17-15-4-2-1-3-14(15)16(9-21)18(24)19(17,10-22)11-23/h3,5-8,15,17H,1-2,4,24H2/t15-,17-/m0/s1. The zero-order valence-corrected chi connectivity index (χ0v) is 14.5. The van der Waals surface area contributed by atoms with E-state index in [9.17, 15) is 15.8 Å². The Bertz CT molecular complexity index is 845. The number of hydrogen-bond donors (Lipinski definition) is 1. The molecule has 2 atom stereocenters. The van der Waals surface area contributed by atoms with Crippen molar-refractivity contribution in [1.29, 1.82) is 15.8 Å². The molecule has 1 aromatic rings. The van der Waals surface area contributed by atoms with Crippen molar-refractivity contribution in [2.45, 2.75) is 25.2 Å². The van der Waals surface area contributed by atoms with Gasteiger partial charge in [0, 0.05) is 10.4 Å². The third kappa shape index (κ3) is 2.23. The molecule has 4 nitrogen and oxygen atoms in total. The molecule has 0 aliphatic heterocycles. The van der Waals surface area contributed by atoms with E-state index in [1.807, 2.05) is 30.3 Å². The van der Waals surface area contributed by atoms with Gasteiger partial charge in [-0.05, 0) is 48.4 Å². The molecule has 3 rings (SSSR count). The first-order valence-electron chi connectivity index (χ1n) is 7.77. The number of hydrogen-bond acceptors (Lipinski definition) is 4. The van der Waals surface area contributed by atoms with E-state index in [1.54, 1.807) is 0 Å². The molecule has 1 aromatic carbocycles.